The number of nitrogens with one attached hydrogen (secondary N) is 1. The molecule has 0 spiro atoms. The molecule has 0 fully saturated rings. The van der Waals surface area contributed by atoms with E-state index in [1.165, 1.54) is 12.1 Å². The minimum absolute atomic E-state index is 0.0581. The molecule has 0 aliphatic rings. The highest BCUT2D eigenvalue weighted by Crippen LogP contribution is 2.30. The minimum Gasteiger partial charge on any atom is -0.310 e. The molecule has 1 N–H and O–H groups in total. The lowest BCUT2D eigenvalue weighted by Gasteiger charge is -2.14. The highest BCUT2D eigenvalue weighted by atomic mass is 19.4. The predicted molar refractivity (Wildman–Crippen MR) is 53.5 cm³/mol. The average Bonchev–Trinajstić information content (AvgIpc) is 2.17. The van der Waals surface area contributed by atoms with Crippen molar-refractivity contribution in [3.63, 3.8) is 0 Å². The Labute approximate surface area is 87.3 Å². The van der Waals surface area contributed by atoms with Gasteiger partial charge in [-0.3, -0.25) is 0 Å². The van der Waals surface area contributed by atoms with Crippen LogP contribution in [0.15, 0.2) is 24.3 Å². The van der Waals surface area contributed by atoms with E-state index in [0.29, 0.717) is 5.56 Å². The van der Waals surface area contributed by atoms with E-state index < -0.39 is 11.7 Å². The Morgan fingerprint density at radius 1 is 1.33 bits per heavy atom. The van der Waals surface area contributed by atoms with Crippen LogP contribution in [0.25, 0.3) is 0 Å². The van der Waals surface area contributed by atoms with Crippen molar-refractivity contribution in [1.82, 2.24) is 5.32 Å². The van der Waals surface area contributed by atoms with Gasteiger partial charge < -0.3 is 5.32 Å². The third-order valence-corrected chi connectivity index (χ3v) is 2.22. The number of halogens is 3. The van der Waals surface area contributed by atoms with Crippen LogP contribution in [0.1, 0.15) is 31.0 Å². The molecule has 4 heteroatoms. The van der Waals surface area contributed by atoms with Crippen LogP contribution in [0.4, 0.5) is 13.2 Å². The molecule has 0 aromatic heterocycles. The van der Waals surface area contributed by atoms with E-state index in [9.17, 15) is 13.2 Å². The van der Waals surface area contributed by atoms with Gasteiger partial charge in [0.15, 0.2) is 0 Å². The van der Waals surface area contributed by atoms with E-state index >= 15 is 0 Å². The SMILES string of the molecule is CCNC(C)c1cccc(C(F)(F)F)c1. The molecular weight excluding hydrogens is 203 g/mol. The second kappa shape index (κ2) is 4.66. The van der Waals surface area contributed by atoms with E-state index in [2.05, 4.69) is 5.32 Å². The van der Waals surface area contributed by atoms with Crippen LogP contribution >= 0.6 is 0 Å². The van der Waals surface area contributed by atoms with Crippen molar-refractivity contribution in [3.05, 3.63) is 35.4 Å². The zero-order valence-electron chi connectivity index (χ0n) is 8.73. The Morgan fingerprint density at radius 2 is 2.00 bits per heavy atom. The van der Waals surface area contributed by atoms with Crippen LogP contribution in [0.5, 0.6) is 0 Å². The van der Waals surface area contributed by atoms with Gasteiger partial charge in [0.1, 0.15) is 0 Å². The van der Waals surface area contributed by atoms with E-state index in [1.807, 2.05) is 13.8 Å². The maximum Gasteiger partial charge on any atom is 0.416 e. The van der Waals surface area contributed by atoms with Gasteiger partial charge in [0.05, 0.1) is 5.56 Å². The highest BCUT2D eigenvalue weighted by molar-refractivity contribution is 5.27. The summed E-state index contributed by atoms with van der Waals surface area (Å²) in [5.41, 5.74) is 0.0661. The fourth-order valence-corrected chi connectivity index (χ4v) is 1.41. The Bertz CT molecular complexity index is 320. The van der Waals surface area contributed by atoms with Gasteiger partial charge in [-0.15, -0.1) is 0 Å². The third-order valence-electron chi connectivity index (χ3n) is 2.22. The topological polar surface area (TPSA) is 12.0 Å². The summed E-state index contributed by atoms with van der Waals surface area (Å²) in [7, 11) is 0. The molecule has 0 radical (unpaired) electrons. The largest absolute Gasteiger partial charge is 0.416 e. The molecule has 1 nitrogen and oxygen atoms in total. The van der Waals surface area contributed by atoms with Crippen molar-refractivity contribution in [2.24, 2.45) is 0 Å². The van der Waals surface area contributed by atoms with Crippen molar-refractivity contribution >= 4 is 0 Å². The number of alkyl halides is 3. The second-order valence-corrected chi connectivity index (χ2v) is 3.40. The average molecular weight is 217 g/mol. The normalized spacial score (nSPS) is 13.9. The summed E-state index contributed by atoms with van der Waals surface area (Å²) in [6.07, 6.45) is -4.26. The Hall–Kier alpha value is -1.03. The number of benzene rings is 1. The van der Waals surface area contributed by atoms with Crippen LogP contribution in [0.3, 0.4) is 0 Å². The molecule has 0 aliphatic carbocycles. The van der Waals surface area contributed by atoms with Gasteiger partial charge in [0.2, 0.25) is 0 Å². The van der Waals surface area contributed by atoms with Crippen molar-refractivity contribution < 1.29 is 13.2 Å². The third kappa shape index (κ3) is 3.23. The molecule has 15 heavy (non-hydrogen) atoms. The summed E-state index contributed by atoms with van der Waals surface area (Å²) in [6, 6.07) is 5.35. The molecule has 1 atom stereocenters. The molecule has 1 unspecified atom stereocenters. The Balaban J connectivity index is 2.92. The molecule has 84 valence electrons. The highest BCUT2D eigenvalue weighted by Gasteiger charge is 2.30. The van der Waals surface area contributed by atoms with Crippen molar-refractivity contribution in [3.8, 4) is 0 Å². The smallest absolute Gasteiger partial charge is 0.310 e. The Morgan fingerprint density at radius 3 is 2.53 bits per heavy atom. The molecule has 0 aliphatic heterocycles. The van der Waals surface area contributed by atoms with Gasteiger partial charge in [-0.25, -0.2) is 0 Å². The molecule has 0 saturated carbocycles. The molecule has 0 bridgehead atoms. The fourth-order valence-electron chi connectivity index (χ4n) is 1.41. The van der Waals surface area contributed by atoms with Crippen LogP contribution in [-0.2, 0) is 6.18 Å². The van der Waals surface area contributed by atoms with E-state index in [1.54, 1.807) is 6.07 Å². The minimum atomic E-state index is -4.26. The lowest BCUT2D eigenvalue weighted by Crippen LogP contribution is -2.18. The summed E-state index contributed by atoms with van der Waals surface area (Å²) in [4.78, 5) is 0. The van der Waals surface area contributed by atoms with E-state index in [4.69, 9.17) is 0 Å². The van der Waals surface area contributed by atoms with Crippen LogP contribution in [0, 0.1) is 0 Å². The van der Waals surface area contributed by atoms with Crippen molar-refractivity contribution in [2.45, 2.75) is 26.1 Å². The molecule has 0 heterocycles. The molecule has 1 rings (SSSR count). The van der Waals surface area contributed by atoms with E-state index in [-0.39, 0.29) is 6.04 Å². The second-order valence-electron chi connectivity index (χ2n) is 3.40. The number of hydrogen-bond donors (Lipinski definition) is 1. The lowest BCUT2D eigenvalue weighted by atomic mass is 10.1. The lowest BCUT2D eigenvalue weighted by molar-refractivity contribution is -0.137. The summed E-state index contributed by atoms with van der Waals surface area (Å²) >= 11 is 0. The van der Waals surface area contributed by atoms with Crippen molar-refractivity contribution in [1.29, 1.82) is 0 Å². The summed E-state index contributed by atoms with van der Waals surface area (Å²) in [5, 5.41) is 3.07. The maximum absolute atomic E-state index is 12.4. The first-order valence-corrected chi connectivity index (χ1v) is 4.85. The van der Waals surface area contributed by atoms with Gasteiger partial charge in [-0.2, -0.15) is 13.2 Å². The maximum atomic E-state index is 12.4. The first-order valence-electron chi connectivity index (χ1n) is 4.85. The number of hydrogen-bond acceptors (Lipinski definition) is 1. The Kier molecular flexibility index (Phi) is 3.74. The molecule has 1 aromatic rings. The summed E-state index contributed by atoms with van der Waals surface area (Å²) < 4.78 is 37.2. The van der Waals surface area contributed by atoms with Crippen LogP contribution < -0.4 is 5.32 Å². The summed E-state index contributed by atoms with van der Waals surface area (Å²) in [5.74, 6) is 0. The molecule has 0 amide bonds. The predicted octanol–water partition coefficient (Wildman–Crippen LogP) is 3.38. The zero-order valence-corrected chi connectivity index (χ0v) is 8.73. The van der Waals surface area contributed by atoms with Gasteiger partial charge in [0.25, 0.3) is 0 Å². The van der Waals surface area contributed by atoms with Gasteiger partial charge in [-0.1, -0.05) is 19.1 Å². The standard InChI is InChI=1S/C11H14F3N/c1-3-15-8(2)9-5-4-6-10(7-9)11(12,13)14/h4-8,15H,3H2,1-2H3. The van der Waals surface area contributed by atoms with Crippen molar-refractivity contribution in [2.75, 3.05) is 6.54 Å². The first kappa shape index (κ1) is 12.0. The van der Waals surface area contributed by atoms with Gasteiger partial charge in [0, 0.05) is 6.04 Å². The molecule has 0 saturated heterocycles. The van der Waals surface area contributed by atoms with Gasteiger partial charge in [-0.05, 0) is 31.2 Å². The molecular formula is C11H14F3N. The quantitative estimate of drug-likeness (QED) is 0.818. The summed E-state index contributed by atoms with van der Waals surface area (Å²) in [6.45, 7) is 4.50. The fraction of sp³-hybridized carbons (Fsp3) is 0.455. The van der Waals surface area contributed by atoms with Gasteiger partial charge >= 0.3 is 6.18 Å². The monoisotopic (exact) mass is 217 g/mol. The molecule has 1 aromatic carbocycles. The number of rotatable bonds is 3. The zero-order chi connectivity index (χ0) is 11.5. The first-order chi connectivity index (χ1) is 6.95. The van der Waals surface area contributed by atoms with E-state index in [0.717, 1.165) is 12.6 Å². The van der Waals surface area contributed by atoms with Crippen LogP contribution in [0.2, 0.25) is 0 Å². The van der Waals surface area contributed by atoms with Crippen LogP contribution in [-0.4, -0.2) is 6.54 Å².